The molecule has 1 rings (SSSR count). The van der Waals surface area contributed by atoms with E-state index in [1.54, 1.807) is 6.26 Å². The zero-order valence-electron chi connectivity index (χ0n) is 11.0. The van der Waals surface area contributed by atoms with Crippen molar-refractivity contribution in [1.82, 2.24) is 4.90 Å². The van der Waals surface area contributed by atoms with Crippen LogP contribution in [0.2, 0.25) is 0 Å². The number of carboxylic acids is 1. The van der Waals surface area contributed by atoms with Gasteiger partial charge in [0.2, 0.25) is 0 Å². The van der Waals surface area contributed by atoms with Crippen LogP contribution in [0.5, 0.6) is 0 Å². The number of hydrogen-bond donors (Lipinski definition) is 1. The van der Waals surface area contributed by atoms with Crippen molar-refractivity contribution in [2.75, 3.05) is 7.05 Å². The van der Waals surface area contributed by atoms with E-state index in [9.17, 15) is 9.90 Å². The Hall–Kier alpha value is -1.29. The zero-order chi connectivity index (χ0) is 13.1. The maximum Gasteiger partial charge on any atom is 0.324 e. The zero-order valence-corrected chi connectivity index (χ0v) is 11.0. The summed E-state index contributed by atoms with van der Waals surface area (Å²) in [6, 6.07) is 1.89. The lowest BCUT2D eigenvalue weighted by molar-refractivity contribution is -0.151. The van der Waals surface area contributed by atoms with Gasteiger partial charge in [-0.05, 0) is 32.9 Å². The third kappa shape index (κ3) is 2.52. The van der Waals surface area contributed by atoms with E-state index in [1.165, 1.54) is 0 Å². The van der Waals surface area contributed by atoms with Crippen LogP contribution in [0.15, 0.2) is 16.7 Å². The van der Waals surface area contributed by atoms with Gasteiger partial charge in [-0.15, -0.1) is 0 Å². The molecule has 0 aromatic carbocycles. The van der Waals surface area contributed by atoms with Gasteiger partial charge in [-0.1, -0.05) is 13.8 Å². The Balaban J connectivity index is 2.90. The van der Waals surface area contributed by atoms with Gasteiger partial charge in [0, 0.05) is 12.1 Å². The summed E-state index contributed by atoms with van der Waals surface area (Å²) in [4.78, 5) is 13.4. The average Bonchev–Trinajstić information content (AvgIpc) is 2.66. The summed E-state index contributed by atoms with van der Waals surface area (Å²) in [6.07, 6.45) is 2.82. The van der Waals surface area contributed by atoms with E-state index in [2.05, 4.69) is 0 Å². The first-order valence-corrected chi connectivity index (χ1v) is 5.95. The fourth-order valence-corrected chi connectivity index (χ4v) is 2.24. The van der Waals surface area contributed by atoms with E-state index in [0.29, 0.717) is 19.4 Å². The topological polar surface area (TPSA) is 53.7 Å². The van der Waals surface area contributed by atoms with Crippen molar-refractivity contribution in [2.45, 2.75) is 45.7 Å². The van der Waals surface area contributed by atoms with Gasteiger partial charge in [0.1, 0.15) is 11.3 Å². The molecule has 4 heteroatoms. The highest BCUT2D eigenvalue weighted by Crippen LogP contribution is 2.25. The van der Waals surface area contributed by atoms with Gasteiger partial charge in [0.25, 0.3) is 0 Å². The number of aryl methyl sites for hydroxylation is 1. The van der Waals surface area contributed by atoms with Gasteiger partial charge in [-0.25, -0.2) is 0 Å². The predicted octanol–water partition coefficient (Wildman–Crippen LogP) is 2.66. The molecule has 0 unspecified atom stereocenters. The summed E-state index contributed by atoms with van der Waals surface area (Å²) >= 11 is 0. The molecule has 0 saturated carbocycles. The lowest BCUT2D eigenvalue weighted by Crippen LogP contribution is -2.51. The minimum absolute atomic E-state index is 0.590. The number of hydrogen-bond acceptors (Lipinski definition) is 3. The predicted molar refractivity (Wildman–Crippen MR) is 65.9 cm³/mol. The van der Waals surface area contributed by atoms with Crippen molar-refractivity contribution < 1.29 is 14.3 Å². The summed E-state index contributed by atoms with van der Waals surface area (Å²) in [5.74, 6) is 0.0921. The van der Waals surface area contributed by atoms with Crippen LogP contribution in [0.1, 0.15) is 38.0 Å². The summed E-state index contributed by atoms with van der Waals surface area (Å²) in [6.45, 7) is 6.31. The SMILES string of the molecule is CCC(CC)(C(=O)O)N(C)Cc1ccoc1C. The molecule has 17 heavy (non-hydrogen) atoms. The second-order valence-electron chi connectivity index (χ2n) is 4.40. The maximum atomic E-state index is 11.5. The Morgan fingerprint density at radius 1 is 1.47 bits per heavy atom. The standard InChI is InChI=1S/C13H21NO3/c1-5-13(6-2,12(15)16)14(4)9-11-7-8-17-10(11)3/h7-8H,5-6,9H2,1-4H3,(H,15,16). The smallest absolute Gasteiger partial charge is 0.324 e. The van der Waals surface area contributed by atoms with E-state index in [-0.39, 0.29) is 0 Å². The van der Waals surface area contributed by atoms with Crippen LogP contribution in [0.25, 0.3) is 0 Å². The molecule has 0 aliphatic rings. The lowest BCUT2D eigenvalue weighted by Gasteiger charge is -2.36. The quantitative estimate of drug-likeness (QED) is 0.829. The number of carbonyl (C=O) groups is 1. The Morgan fingerprint density at radius 3 is 2.41 bits per heavy atom. The Bertz CT molecular complexity index is 380. The molecule has 0 aliphatic heterocycles. The minimum Gasteiger partial charge on any atom is -0.480 e. The number of nitrogens with zero attached hydrogens (tertiary/aromatic N) is 1. The number of carboxylic acid groups (broad SMARTS) is 1. The van der Waals surface area contributed by atoms with E-state index in [0.717, 1.165) is 11.3 Å². The van der Waals surface area contributed by atoms with Crippen LogP contribution >= 0.6 is 0 Å². The molecule has 4 nitrogen and oxygen atoms in total. The molecule has 96 valence electrons. The molecule has 0 radical (unpaired) electrons. The fraction of sp³-hybridized carbons (Fsp3) is 0.615. The third-order valence-electron chi connectivity index (χ3n) is 3.67. The van der Waals surface area contributed by atoms with Gasteiger partial charge >= 0.3 is 5.97 Å². The second-order valence-corrected chi connectivity index (χ2v) is 4.40. The molecular formula is C13H21NO3. The highest BCUT2D eigenvalue weighted by atomic mass is 16.4. The third-order valence-corrected chi connectivity index (χ3v) is 3.67. The fourth-order valence-electron chi connectivity index (χ4n) is 2.24. The maximum absolute atomic E-state index is 11.5. The van der Waals surface area contributed by atoms with Gasteiger partial charge in [-0.3, -0.25) is 9.69 Å². The lowest BCUT2D eigenvalue weighted by atomic mass is 9.90. The van der Waals surface area contributed by atoms with E-state index in [1.807, 2.05) is 38.8 Å². The average molecular weight is 239 g/mol. The largest absolute Gasteiger partial charge is 0.480 e. The van der Waals surface area contributed by atoms with Crippen molar-refractivity contribution in [3.05, 3.63) is 23.7 Å². The normalized spacial score (nSPS) is 12.1. The first kappa shape index (κ1) is 13.8. The molecule has 0 amide bonds. The highest BCUT2D eigenvalue weighted by molar-refractivity contribution is 5.78. The molecule has 1 aromatic rings. The minimum atomic E-state index is -0.788. The molecule has 0 fully saturated rings. The van der Waals surface area contributed by atoms with Crippen molar-refractivity contribution in [1.29, 1.82) is 0 Å². The molecule has 1 aromatic heterocycles. The van der Waals surface area contributed by atoms with E-state index >= 15 is 0 Å². The number of furan rings is 1. The summed E-state index contributed by atoms with van der Waals surface area (Å²) in [7, 11) is 1.85. The highest BCUT2D eigenvalue weighted by Gasteiger charge is 2.39. The van der Waals surface area contributed by atoms with E-state index < -0.39 is 11.5 Å². The summed E-state index contributed by atoms with van der Waals surface area (Å²) < 4.78 is 5.23. The molecule has 0 atom stereocenters. The van der Waals surface area contributed by atoms with Crippen LogP contribution in [-0.4, -0.2) is 28.6 Å². The molecule has 1 heterocycles. The van der Waals surface area contributed by atoms with Crippen molar-refractivity contribution >= 4 is 5.97 Å². The van der Waals surface area contributed by atoms with Crippen LogP contribution in [-0.2, 0) is 11.3 Å². The molecular weight excluding hydrogens is 218 g/mol. The van der Waals surface area contributed by atoms with Gasteiger partial charge in [0.15, 0.2) is 0 Å². The molecule has 1 N–H and O–H groups in total. The Labute approximate surface area is 102 Å². The Kier molecular flexibility index (Phi) is 4.34. The van der Waals surface area contributed by atoms with Crippen molar-refractivity contribution in [3.63, 3.8) is 0 Å². The number of likely N-dealkylation sites (N-methyl/N-ethyl adjacent to an activating group) is 1. The van der Waals surface area contributed by atoms with Crippen LogP contribution in [0, 0.1) is 6.92 Å². The summed E-state index contributed by atoms with van der Waals surface area (Å²) in [5, 5.41) is 9.43. The van der Waals surface area contributed by atoms with Gasteiger partial charge in [-0.2, -0.15) is 0 Å². The van der Waals surface area contributed by atoms with Gasteiger partial charge < -0.3 is 9.52 Å². The first-order chi connectivity index (χ1) is 7.97. The van der Waals surface area contributed by atoms with E-state index in [4.69, 9.17) is 4.42 Å². The first-order valence-electron chi connectivity index (χ1n) is 5.95. The van der Waals surface area contributed by atoms with Crippen LogP contribution in [0.4, 0.5) is 0 Å². The monoisotopic (exact) mass is 239 g/mol. The van der Waals surface area contributed by atoms with Gasteiger partial charge in [0.05, 0.1) is 6.26 Å². The number of rotatable bonds is 6. The number of aliphatic carboxylic acids is 1. The Morgan fingerprint density at radius 2 is 2.06 bits per heavy atom. The van der Waals surface area contributed by atoms with Crippen LogP contribution < -0.4 is 0 Å². The van der Waals surface area contributed by atoms with Crippen LogP contribution in [0.3, 0.4) is 0 Å². The van der Waals surface area contributed by atoms with Crippen molar-refractivity contribution in [2.24, 2.45) is 0 Å². The molecule has 0 aliphatic carbocycles. The molecule has 0 spiro atoms. The van der Waals surface area contributed by atoms with Crippen molar-refractivity contribution in [3.8, 4) is 0 Å². The summed E-state index contributed by atoms with van der Waals surface area (Å²) in [5.41, 5.74) is 0.254. The molecule has 0 saturated heterocycles. The second kappa shape index (κ2) is 5.36. The molecule has 0 bridgehead atoms.